The van der Waals surface area contributed by atoms with Crippen LogP contribution in [-0.2, 0) is 6.54 Å². The minimum absolute atomic E-state index is 0.666. The molecular weight excluding hydrogens is 326 g/mol. The maximum Gasteiger partial charge on any atom is 0.156 e. The van der Waals surface area contributed by atoms with Crippen LogP contribution in [0.3, 0.4) is 0 Å². The van der Waals surface area contributed by atoms with Gasteiger partial charge >= 0.3 is 0 Å². The molecule has 0 aliphatic carbocycles. The fraction of sp³-hybridized carbons (Fsp3) is 0.200. The van der Waals surface area contributed by atoms with Gasteiger partial charge in [-0.25, -0.2) is 0 Å². The van der Waals surface area contributed by atoms with Crippen LogP contribution in [0.5, 0.6) is 5.75 Å². The van der Waals surface area contributed by atoms with Crippen molar-refractivity contribution in [1.82, 2.24) is 0 Å². The van der Waals surface area contributed by atoms with Gasteiger partial charge in [0.2, 0.25) is 0 Å². The molecule has 0 atom stereocenters. The number of rotatable bonds is 4. The Morgan fingerprint density at radius 3 is 2.53 bits per heavy atom. The second kappa shape index (κ2) is 6.31. The highest BCUT2D eigenvalue weighted by Gasteiger charge is 2.09. The lowest BCUT2D eigenvalue weighted by Crippen LogP contribution is -2.02. The quantitative estimate of drug-likeness (QED) is 0.842. The summed E-state index contributed by atoms with van der Waals surface area (Å²) in [6, 6.07) is 12.1. The molecule has 2 aromatic carbocycles. The molecule has 100 valence electrons. The fourth-order valence-corrected chi connectivity index (χ4v) is 2.77. The Balaban J connectivity index is 2.17. The zero-order valence-corrected chi connectivity index (χ0v) is 13.2. The van der Waals surface area contributed by atoms with Crippen molar-refractivity contribution in [2.45, 2.75) is 13.5 Å². The van der Waals surface area contributed by atoms with E-state index in [-0.39, 0.29) is 0 Å². The maximum absolute atomic E-state index is 6.06. The number of anilines is 1. The Morgan fingerprint density at radius 2 is 1.89 bits per heavy atom. The van der Waals surface area contributed by atoms with Crippen molar-refractivity contribution in [2.75, 3.05) is 12.4 Å². The Kier molecular flexibility index (Phi) is 4.72. The summed E-state index contributed by atoms with van der Waals surface area (Å²) < 4.78 is 6.21. The van der Waals surface area contributed by atoms with Gasteiger partial charge < -0.3 is 10.1 Å². The zero-order chi connectivity index (χ0) is 13.8. The highest BCUT2D eigenvalue weighted by atomic mass is 79.9. The number of aryl methyl sites for hydroxylation is 1. The van der Waals surface area contributed by atoms with Gasteiger partial charge in [-0.15, -0.1) is 0 Å². The summed E-state index contributed by atoms with van der Waals surface area (Å²) in [4.78, 5) is 0. The maximum atomic E-state index is 6.06. The van der Waals surface area contributed by atoms with Gasteiger partial charge in [0.15, 0.2) is 5.75 Å². The molecule has 0 saturated carbocycles. The molecule has 19 heavy (non-hydrogen) atoms. The standard InChI is InChI=1S/C15H15BrClNO/c1-10-3-5-11(6-4-10)9-18-14-8-12(17)7-13(16)15(14)19-2/h3-8,18H,9H2,1-2H3. The van der Waals surface area contributed by atoms with Crippen molar-refractivity contribution >= 4 is 33.2 Å². The van der Waals surface area contributed by atoms with E-state index in [0.717, 1.165) is 22.5 Å². The second-order valence-electron chi connectivity index (χ2n) is 4.31. The topological polar surface area (TPSA) is 21.3 Å². The molecule has 0 fully saturated rings. The SMILES string of the molecule is COc1c(Br)cc(Cl)cc1NCc1ccc(C)cc1. The van der Waals surface area contributed by atoms with Gasteiger partial charge in [0, 0.05) is 11.6 Å². The van der Waals surface area contributed by atoms with Gasteiger partial charge in [-0.3, -0.25) is 0 Å². The van der Waals surface area contributed by atoms with E-state index in [4.69, 9.17) is 16.3 Å². The third kappa shape index (κ3) is 3.64. The molecule has 2 nitrogen and oxygen atoms in total. The molecule has 0 saturated heterocycles. The highest BCUT2D eigenvalue weighted by Crippen LogP contribution is 2.36. The van der Waals surface area contributed by atoms with Gasteiger partial charge in [-0.05, 0) is 40.5 Å². The minimum Gasteiger partial charge on any atom is -0.493 e. The van der Waals surface area contributed by atoms with Crippen LogP contribution >= 0.6 is 27.5 Å². The molecule has 0 aliphatic heterocycles. The summed E-state index contributed by atoms with van der Waals surface area (Å²) in [6.45, 7) is 2.80. The van der Waals surface area contributed by atoms with Gasteiger partial charge in [0.05, 0.1) is 17.3 Å². The van der Waals surface area contributed by atoms with Crippen LogP contribution in [0.2, 0.25) is 5.02 Å². The molecular formula is C15H15BrClNO. The summed E-state index contributed by atoms with van der Waals surface area (Å²) in [7, 11) is 1.64. The predicted molar refractivity (Wildman–Crippen MR) is 84.2 cm³/mol. The molecule has 4 heteroatoms. The molecule has 2 rings (SSSR count). The lowest BCUT2D eigenvalue weighted by Gasteiger charge is -2.13. The van der Waals surface area contributed by atoms with Crippen molar-refractivity contribution < 1.29 is 4.74 Å². The first-order chi connectivity index (χ1) is 9.10. The third-order valence-electron chi connectivity index (χ3n) is 2.82. The van der Waals surface area contributed by atoms with E-state index in [1.165, 1.54) is 11.1 Å². The van der Waals surface area contributed by atoms with E-state index in [1.807, 2.05) is 12.1 Å². The number of halogens is 2. The second-order valence-corrected chi connectivity index (χ2v) is 5.60. The number of ether oxygens (including phenoxy) is 1. The third-order valence-corrected chi connectivity index (χ3v) is 3.62. The molecule has 0 unspecified atom stereocenters. The fourth-order valence-electron chi connectivity index (χ4n) is 1.80. The van der Waals surface area contributed by atoms with E-state index in [9.17, 15) is 0 Å². The lowest BCUT2D eigenvalue weighted by atomic mass is 10.1. The van der Waals surface area contributed by atoms with Gasteiger partial charge in [-0.2, -0.15) is 0 Å². The molecule has 0 radical (unpaired) electrons. The Hall–Kier alpha value is -1.19. The molecule has 0 aliphatic rings. The van der Waals surface area contributed by atoms with Crippen molar-refractivity contribution in [2.24, 2.45) is 0 Å². The molecule has 0 bridgehead atoms. The molecule has 0 heterocycles. The van der Waals surface area contributed by atoms with Crippen LogP contribution in [0.15, 0.2) is 40.9 Å². The van der Waals surface area contributed by atoms with Crippen LogP contribution in [-0.4, -0.2) is 7.11 Å². The number of benzene rings is 2. The monoisotopic (exact) mass is 339 g/mol. The normalized spacial score (nSPS) is 10.3. The lowest BCUT2D eigenvalue weighted by molar-refractivity contribution is 0.414. The summed E-state index contributed by atoms with van der Waals surface area (Å²) in [5, 5.41) is 4.01. The van der Waals surface area contributed by atoms with Crippen molar-refractivity contribution in [3.05, 3.63) is 57.0 Å². The first-order valence-electron chi connectivity index (χ1n) is 5.92. The Labute approximate surface area is 126 Å². The summed E-state index contributed by atoms with van der Waals surface area (Å²) in [5.41, 5.74) is 3.35. The summed E-state index contributed by atoms with van der Waals surface area (Å²) >= 11 is 9.50. The number of hydrogen-bond donors (Lipinski definition) is 1. The van der Waals surface area contributed by atoms with Crippen LogP contribution in [0.1, 0.15) is 11.1 Å². The summed E-state index contributed by atoms with van der Waals surface area (Å²) in [5.74, 6) is 0.761. The average Bonchev–Trinajstić information content (AvgIpc) is 2.37. The van der Waals surface area contributed by atoms with E-state index in [1.54, 1.807) is 7.11 Å². The minimum atomic E-state index is 0.666. The van der Waals surface area contributed by atoms with Crippen LogP contribution in [0, 0.1) is 6.92 Å². The van der Waals surface area contributed by atoms with Crippen molar-refractivity contribution in [1.29, 1.82) is 0 Å². The van der Waals surface area contributed by atoms with Crippen molar-refractivity contribution in [3.63, 3.8) is 0 Å². The van der Waals surface area contributed by atoms with E-state index in [0.29, 0.717) is 5.02 Å². The average molecular weight is 341 g/mol. The van der Waals surface area contributed by atoms with E-state index < -0.39 is 0 Å². The molecule has 0 spiro atoms. The molecule has 0 aromatic heterocycles. The smallest absolute Gasteiger partial charge is 0.156 e. The highest BCUT2D eigenvalue weighted by molar-refractivity contribution is 9.10. The number of nitrogens with one attached hydrogen (secondary N) is 1. The van der Waals surface area contributed by atoms with Crippen molar-refractivity contribution in [3.8, 4) is 5.75 Å². The van der Waals surface area contributed by atoms with Crippen LogP contribution in [0.25, 0.3) is 0 Å². The molecule has 0 amide bonds. The Morgan fingerprint density at radius 1 is 1.21 bits per heavy atom. The molecule has 2 aromatic rings. The van der Waals surface area contributed by atoms with E-state index in [2.05, 4.69) is 52.4 Å². The van der Waals surface area contributed by atoms with Gasteiger partial charge in [-0.1, -0.05) is 41.4 Å². The first-order valence-corrected chi connectivity index (χ1v) is 7.09. The molecule has 1 N–H and O–H groups in total. The van der Waals surface area contributed by atoms with E-state index >= 15 is 0 Å². The first kappa shape index (κ1) is 14.2. The van der Waals surface area contributed by atoms with Gasteiger partial charge in [0.25, 0.3) is 0 Å². The summed E-state index contributed by atoms with van der Waals surface area (Å²) in [6.07, 6.45) is 0. The Bertz CT molecular complexity index is 569. The number of hydrogen-bond acceptors (Lipinski definition) is 2. The number of methoxy groups -OCH3 is 1. The zero-order valence-electron chi connectivity index (χ0n) is 10.8. The largest absolute Gasteiger partial charge is 0.493 e. The van der Waals surface area contributed by atoms with Gasteiger partial charge in [0.1, 0.15) is 0 Å². The predicted octanol–water partition coefficient (Wildman–Crippen LogP) is 5.03. The van der Waals surface area contributed by atoms with Crippen LogP contribution in [0.4, 0.5) is 5.69 Å². The van der Waals surface area contributed by atoms with Crippen LogP contribution < -0.4 is 10.1 Å².